The molecule has 1 aliphatic carbocycles. The molecule has 1 N–H and O–H groups in total. The van der Waals surface area contributed by atoms with Crippen LogP contribution in [0.4, 0.5) is 0 Å². The molecule has 0 amide bonds. The molecule has 1 fully saturated rings. The summed E-state index contributed by atoms with van der Waals surface area (Å²) >= 11 is 8.30. The Morgan fingerprint density at radius 3 is 2.67 bits per heavy atom. The molecule has 2 aliphatic rings. The Labute approximate surface area is 167 Å². The van der Waals surface area contributed by atoms with E-state index in [1.165, 1.54) is 5.69 Å². The van der Waals surface area contributed by atoms with Gasteiger partial charge in [0.1, 0.15) is 11.3 Å². The Balaban J connectivity index is 1.44. The summed E-state index contributed by atoms with van der Waals surface area (Å²) in [5.41, 5.74) is 3.26. The van der Waals surface area contributed by atoms with E-state index in [4.69, 9.17) is 16.6 Å². The van der Waals surface area contributed by atoms with Crippen LogP contribution in [-0.2, 0) is 6.54 Å². The summed E-state index contributed by atoms with van der Waals surface area (Å²) in [6, 6.07) is 8.30. The molecule has 0 bridgehead atoms. The molecule has 1 aliphatic heterocycles. The van der Waals surface area contributed by atoms with Crippen LogP contribution < -0.4 is 5.32 Å². The van der Waals surface area contributed by atoms with Crippen molar-refractivity contribution < 1.29 is 0 Å². The molecule has 27 heavy (non-hydrogen) atoms. The van der Waals surface area contributed by atoms with Crippen LogP contribution in [0.15, 0.2) is 29.6 Å². The lowest BCUT2D eigenvalue weighted by molar-refractivity contribution is 0.378. The fourth-order valence-electron chi connectivity index (χ4n) is 4.38. The van der Waals surface area contributed by atoms with Crippen molar-refractivity contribution in [2.24, 2.45) is 0 Å². The zero-order valence-electron chi connectivity index (χ0n) is 15.2. The number of rotatable bonds is 2. The van der Waals surface area contributed by atoms with Crippen LogP contribution in [0.3, 0.4) is 0 Å². The molecule has 3 heterocycles. The van der Waals surface area contributed by atoms with Crippen molar-refractivity contribution in [2.75, 3.05) is 0 Å². The SMILES string of the molecule is Cc1nc(C2CCC(c3nnc4n3-c3ccccc3C(Cl)NC4)CC2)cs1. The first-order chi connectivity index (χ1) is 13.2. The van der Waals surface area contributed by atoms with E-state index in [-0.39, 0.29) is 5.50 Å². The monoisotopic (exact) mass is 399 g/mol. The second-order valence-electron chi connectivity index (χ2n) is 7.45. The smallest absolute Gasteiger partial charge is 0.151 e. The van der Waals surface area contributed by atoms with Crippen molar-refractivity contribution in [3.63, 3.8) is 0 Å². The maximum atomic E-state index is 6.55. The molecule has 0 spiro atoms. The number of fused-ring (bicyclic) bond motifs is 3. The molecule has 3 aromatic rings. The summed E-state index contributed by atoms with van der Waals surface area (Å²) in [5, 5.41) is 15.8. The first-order valence-electron chi connectivity index (χ1n) is 9.53. The number of para-hydroxylation sites is 1. The van der Waals surface area contributed by atoms with Gasteiger partial charge in [-0.15, -0.1) is 33.1 Å². The zero-order valence-corrected chi connectivity index (χ0v) is 16.8. The van der Waals surface area contributed by atoms with Gasteiger partial charge in [-0.2, -0.15) is 0 Å². The van der Waals surface area contributed by atoms with Crippen molar-refractivity contribution in [2.45, 2.75) is 56.5 Å². The van der Waals surface area contributed by atoms with E-state index in [0.717, 1.165) is 53.6 Å². The van der Waals surface area contributed by atoms with E-state index in [1.807, 2.05) is 6.07 Å². The molecular weight excluding hydrogens is 378 g/mol. The highest BCUT2D eigenvalue weighted by atomic mass is 35.5. The van der Waals surface area contributed by atoms with Gasteiger partial charge in [-0.3, -0.25) is 9.88 Å². The standard InChI is InChI=1S/C20H22ClN5S/c1-12-23-16(11-27-12)13-6-8-14(9-7-13)20-25-24-18-10-22-19(21)15-4-2-3-5-17(15)26(18)20/h2-5,11,13-14,19,22H,6-10H2,1H3. The second-order valence-corrected chi connectivity index (χ2v) is 8.95. The number of alkyl halides is 1. The number of halogens is 1. The van der Waals surface area contributed by atoms with E-state index in [2.05, 4.69) is 50.6 Å². The van der Waals surface area contributed by atoms with Gasteiger partial charge in [0.2, 0.25) is 0 Å². The average molecular weight is 400 g/mol. The highest BCUT2D eigenvalue weighted by Gasteiger charge is 2.31. The maximum absolute atomic E-state index is 6.55. The van der Waals surface area contributed by atoms with Crippen LogP contribution >= 0.6 is 22.9 Å². The summed E-state index contributed by atoms with van der Waals surface area (Å²) in [5.74, 6) is 3.04. The lowest BCUT2D eigenvalue weighted by atomic mass is 9.80. The summed E-state index contributed by atoms with van der Waals surface area (Å²) in [7, 11) is 0. The Morgan fingerprint density at radius 2 is 1.89 bits per heavy atom. The van der Waals surface area contributed by atoms with E-state index in [0.29, 0.717) is 18.4 Å². The van der Waals surface area contributed by atoms with Gasteiger partial charge >= 0.3 is 0 Å². The normalized spacial score (nSPS) is 24.9. The van der Waals surface area contributed by atoms with Crippen molar-refractivity contribution in [3.05, 3.63) is 57.6 Å². The van der Waals surface area contributed by atoms with E-state index in [1.54, 1.807) is 11.3 Å². The first kappa shape index (κ1) is 17.3. The molecule has 5 nitrogen and oxygen atoms in total. The topological polar surface area (TPSA) is 55.6 Å². The summed E-state index contributed by atoms with van der Waals surface area (Å²) in [6.07, 6.45) is 4.57. The Hall–Kier alpha value is -1.76. The number of aromatic nitrogens is 4. The predicted molar refractivity (Wildman–Crippen MR) is 108 cm³/mol. The molecule has 1 atom stereocenters. The molecule has 5 rings (SSSR count). The maximum Gasteiger partial charge on any atom is 0.151 e. The quantitative estimate of drug-likeness (QED) is 0.496. The van der Waals surface area contributed by atoms with Crippen molar-refractivity contribution in [1.82, 2.24) is 25.1 Å². The van der Waals surface area contributed by atoms with Gasteiger partial charge in [0.25, 0.3) is 0 Å². The second kappa shape index (κ2) is 7.00. The number of hydrogen-bond acceptors (Lipinski definition) is 5. The van der Waals surface area contributed by atoms with E-state index >= 15 is 0 Å². The minimum absolute atomic E-state index is 0.209. The van der Waals surface area contributed by atoms with Crippen LogP contribution in [-0.4, -0.2) is 19.7 Å². The fourth-order valence-corrected chi connectivity index (χ4v) is 5.34. The van der Waals surface area contributed by atoms with Crippen molar-refractivity contribution in [1.29, 1.82) is 0 Å². The molecule has 140 valence electrons. The van der Waals surface area contributed by atoms with Gasteiger partial charge in [0.05, 0.1) is 22.9 Å². The van der Waals surface area contributed by atoms with Gasteiger partial charge < -0.3 is 0 Å². The van der Waals surface area contributed by atoms with Crippen LogP contribution in [0.5, 0.6) is 0 Å². The number of hydrogen-bond donors (Lipinski definition) is 1. The zero-order chi connectivity index (χ0) is 18.4. The Morgan fingerprint density at radius 1 is 1.11 bits per heavy atom. The Bertz CT molecular complexity index is 957. The van der Waals surface area contributed by atoms with Gasteiger partial charge in [0.15, 0.2) is 5.82 Å². The molecule has 7 heteroatoms. The summed E-state index contributed by atoms with van der Waals surface area (Å²) in [6.45, 7) is 2.71. The fraction of sp³-hybridized carbons (Fsp3) is 0.450. The van der Waals surface area contributed by atoms with Gasteiger partial charge in [-0.25, -0.2) is 4.98 Å². The highest BCUT2D eigenvalue weighted by molar-refractivity contribution is 7.09. The molecule has 2 aromatic heterocycles. The first-order valence-corrected chi connectivity index (χ1v) is 10.9. The molecular formula is C20H22ClN5S. The number of nitrogens with zero attached hydrogens (tertiary/aromatic N) is 4. The predicted octanol–water partition coefficient (Wildman–Crippen LogP) is 4.81. The molecule has 1 aromatic carbocycles. The van der Waals surface area contributed by atoms with Crippen LogP contribution in [0, 0.1) is 6.92 Å². The number of nitrogens with one attached hydrogen (secondary N) is 1. The molecule has 0 radical (unpaired) electrons. The van der Waals surface area contributed by atoms with Crippen LogP contribution in [0.1, 0.15) is 70.9 Å². The highest BCUT2D eigenvalue weighted by Crippen LogP contribution is 2.41. The molecule has 1 saturated carbocycles. The average Bonchev–Trinajstić information content (AvgIpc) is 3.29. The number of benzene rings is 1. The lowest BCUT2D eigenvalue weighted by Crippen LogP contribution is -2.17. The van der Waals surface area contributed by atoms with Crippen molar-refractivity contribution in [3.8, 4) is 5.69 Å². The summed E-state index contributed by atoms with van der Waals surface area (Å²) < 4.78 is 2.24. The largest absolute Gasteiger partial charge is 0.290 e. The third kappa shape index (κ3) is 3.10. The van der Waals surface area contributed by atoms with E-state index in [9.17, 15) is 0 Å². The minimum atomic E-state index is -0.209. The minimum Gasteiger partial charge on any atom is -0.290 e. The number of aryl methyl sites for hydroxylation is 1. The van der Waals surface area contributed by atoms with E-state index < -0.39 is 0 Å². The van der Waals surface area contributed by atoms with Gasteiger partial charge in [-0.05, 0) is 38.7 Å². The Kier molecular flexibility index (Phi) is 4.50. The summed E-state index contributed by atoms with van der Waals surface area (Å²) in [4.78, 5) is 4.71. The third-order valence-corrected chi connectivity index (χ3v) is 6.97. The van der Waals surface area contributed by atoms with Crippen LogP contribution in [0.25, 0.3) is 5.69 Å². The van der Waals surface area contributed by atoms with Crippen molar-refractivity contribution >= 4 is 22.9 Å². The van der Waals surface area contributed by atoms with Crippen LogP contribution in [0.2, 0.25) is 0 Å². The third-order valence-electron chi connectivity index (χ3n) is 5.79. The number of thiazole rings is 1. The van der Waals surface area contributed by atoms with Gasteiger partial charge in [0, 0.05) is 22.8 Å². The molecule has 0 saturated heterocycles. The molecule has 1 unspecified atom stereocenters. The van der Waals surface area contributed by atoms with Gasteiger partial charge in [-0.1, -0.05) is 18.2 Å². The lowest BCUT2D eigenvalue weighted by Gasteiger charge is -2.27.